The number of nitrogens with one attached hydrogen (secondary N) is 2. The van der Waals surface area contributed by atoms with Gasteiger partial charge in [-0.15, -0.1) is 0 Å². The fraction of sp³-hybridized carbons (Fsp3) is 0.588. The van der Waals surface area contributed by atoms with Gasteiger partial charge in [0, 0.05) is 12.1 Å². The first-order chi connectivity index (χ1) is 9.66. The molecule has 3 heteroatoms. The highest BCUT2D eigenvalue weighted by atomic mass is 16.1. The Morgan fingerprint density at radius 1 is 1.30 bits per heavy atom. The molecule has 20 heavy (non-hydrogen) atoms. The van der Waals surface area contributed by atoms with Gasteiger partial charge in [0.15, 0.2) is 0 Å². The van der Waals surface area contributed by atoms with Gasteiger partial charge >= 0.3 is 0 Å². The molecule has 0 bridgehead atoms. The van der Waals surface area contributed by atoms with Gasteiger partial charge in [-0.1, -0.05) is 32.0 Å². The van der Waals surface area contributed by atoms with Gasteiger partial charge < -0.3 is 10.6 Å². The fourth-order valence-electron chi connectivity index (χ4n) is 2.83. The third-order valence-corrected chi connectivity index (χ3v) is 4.10. The number of rotatable bonds is 5. The van der Waals surface area contributed by atoms with Crippen LogP contribution in [-0.2, 0) is 4.79 Å². The number of benzene rings is 1. The van der Waals surface area contributed by atoms with Crippen LogP contribution in [-0.4, -0.2) is 19.0 Å². The molecule has 1 fully saturated rings. The Kier molecular flexibility index (Phi) is 5.60. The summed E-state index contributed by atoms with van der Waals surface area (Å²) in [5.41, 5.74) is 2.18. The molecule has 0 atom stereocenters. The van der Waals surface area contributed by atoms with Crippen molar-refractivity contribution in [2.45, 2.75) is 45.4 Å². The lowest BCUT2D eigenvalue weighted by Crippen LogP contribution is -2.28. The minimum Gasteiger partial charge on any atom is -0.326 e. The van der Waals surface area contributed by atoms with Crippen molar-refractivity contribution in [3.05, 3.63) is 29.8 Å². The zero-order valence-corrected chi connectivity index (χ0v) is 12.6. The Bertz CT molecular complexity index is 436. The van der Waals surface area contributed by atoms with Crippen LogP contribution in [0.4, 0.5) is 5.69 Å². The Labute approximate surface area is 122 Å². The van der Waals surface area contributed by atoms with Crippen LogP contribution in [0.1, 0.15) is 51.0 Å². The van der Waals surface area contributed by atoms with Crippen LogP contribution in [0.3, 0.4) is 0 Å². The minimum absolute atomic E-state index is 0.150. The number of para-hydroxylation sites is 1. The Morgan fingerprint density at radius 3 is 2.70 bits per heavy atom. The highest BCUT2D eigenvalue weighted by Crippen LogP contribution is 2.24. The summed E-state index contributed by atoms with van der Waals surface area (Å²) in [4.78, 5) is 12.1. The maximum absolute atomic E-state index is 12.1. The zero-order valence-electron chi connectivity index (χ0n) is 12.6. The van der Waals surface area contributed by atoms with Crippen molar-refractivity contribution < 1.29 is 4.79 Å². The molecule has 0 aromatic heterocycles. The molecule has 0 aliphatic carbocycles. The summed E-state index contributed by atoms with van der Waals surface area (Å²) in [6.45, 7) is 6.50. The summed E-state index contributed by atoms with van der Waals surface area (Å²) in [6, 6.07) is 8.10. The summed E-state index contributed by atoms with van der Waals surface area (Å²) in [6.07, 6.45) is 4.06. The average molecular weight is 274 g/mol. The Hall–Kier alpha value is -1.35. The van der Waals surface area contributed by atoms with E-state index in [2.05, 4.69) is 30.5 Å². The van der Waals surface area contributed by atoms with Crippen molar-refractivity contribution in [3.63, 3.8) is 0 Å². The molecular weight excluding hydrogens is 248 g/mol. The lowest BCUT2D eigenvalue weighted by Gasteiger charge is -2.22. The zero-order chi connectivity index (χ0) is 14.4. The van der Waals surface area contributed by atoms with Crippen molar-refractivity contribution in [1.29, 1.82) is 0 Å². The molecule has 0 saturated carbocycles. The average Bonchev–Trinajstić information content (AvgIpc) is 2.46. The number of amides is 1. The topological polar surface area (TPSA) is 41.1 Å². The van der Waals surface area contributed by atoms with E-state index in [0.29, 0.717) is 18.3 Å². The smallest absolute Gasteiger partial charge is 0.224 e. The number of anilines is 1. The second-order valence-corrected chi connectivity index (χ2v) is 6.02. The fourth-order valence-corrected chi connectivity index (χ4v) is 2.83. The first kappa shape index (κ1) is 15.0. The third-order valence-electron chi connectivity index (χ3n) is 4.10. The summed E-state index contributed by atoms with van der Waals surface area (Å²) in [7, 11) is 0. The number of hydrogen-bond acceptors (Lipinski definition) is 2. The van der Waals surface area contributed by atoms with Crippen LogP contribution in [0.15, 0.2) is 24.3 Å². The lowest BCUT2D eigenvalue weighted by atomic mass is 9.93. The predicted octanol–water partition coefficient (Wildman–Crippen LogP) is 3.53. The SMILES string of the molecule is CC(C)c1ccccc1NC(=O)CCC1CCNCC1. The van der Waals surface area contributed by atoms with E-state index < -0.39 is 0 Å². The third kappa shape index (κ3) is 4.34. The minimum atomic E-state index is 0.150. The maximum Gasteiger partial charge on any atom is 0.224 e. The van der Waals surface area contributed by atoms with Crippen LogP contribution < -0.4 is 10.6 Å². The van der Waals surface area contributed by atoms with Gasteiger partial charge in [-0.05, 0) is 55.8 Å². The summed E-state index contributed by atoms with van der Waals surface area (Å²) < 4.78 is 0. The van der Waals surface area contributed by atoms with Crippen LogP contribution >= 0.6 is 0 Å². The van der Waals surface area contributed by atoms with E-state index in [1.165, 1.54) is 18.4 Å². The second-order valence-electron chi connectivity index (χ2n) is 6.02. The van der Waals surface area contributed by atoms with Gasteiger partial charge in [0.1, 0.15) is 0 Å². The molecule has 0 spiro atoms. The molecule has 2 N–H and O–H groups in total. The molecule has 2 rings (SSSR count). The number of carbonyl (C=O) groups excluding carboxylic acids is 1. The largest absolute Gasteiger partial charge is 0.326 e. The van der Waals surface area contributed by atoms with E-state index in [-0.39, 0.29) is 5.91 Å². The normalized spacial score (nSPS) is 16.4. The van der Waals surface area contributed by atoms with Gasteiger partial charge in [0.2, 0.25) is 5.91 Å². The molecule has 1 heterocycles. The highest BCUT2D eigenvalue weighted by Gasteiger charge is 2.15. The molecular formula is C17H26N2O. The quantitative estimate of drug-likeness (QED) is 0.862. The standard InChI is InChI=1S/C17H26N2O/c1-13(2)15-5-3-4-6-16(15)19-17(20)8-7-14-9-11-18-12-10-14/h3-6,13-14,18H,7-12H2,1-2H3,(H,19,20). The predicted molar refractivity (Wildman–Crippen MR) is 84.0 cm³/mol. The first-order valence-electron chi connectivity index (χ1n) is 7.76. The van der Waals surface area contributed by atoms with Gasteiger partial charge in [-0.25, -0.2) is 0 Å². The first-order valence-corrected chi connectivity index (χ1v) is 7.76. The number of carbonyl (C=O) groups is 1. The van der Waals surface area contributed by atoms with E-state index in [1.807, 2.05) is 18.2 Å². The van der Waals surface area contributed by atoms with Gasteiger partial charge in [0.05, 0.1) is 0 Å². The molecule has 1 aliphatic rings. The van der Waals surface area contributed by atoms with Crippen molar-refractivity contribution in [3.8, 4) is 0 Å². The molecule has 110 valence electrons. The molecule has 1 amide bonds. The van der Waals surface area contributed by atoms with E-state index in [4.69, 9.17) is 0 Å². The van der Waals surface area contributed by atoms with Crippen molar-refractivity contribution in [1.82, 2.24) is 5.32 Å². The Balaban J connectivity index is 1.85. The summed E-state index contributed by atoms with van der Waals surface area (Å²) in [5, 5.41) is 6.44. The van der Waals surface area contributed by atoms with E-state index in [0.717, 1.165) is 25.2 Å². The monoisotopic (exact) mass is 274 g/mol. The Morgan fingerprint density at radius 2 is 2.00 bits per heavy atom. The van der Waals surface area contributed by atoms with Crippen molar-refractivity contribution >= 4 is 11.6 Å². The number of piperidine rings is 1. The molecule has 1 aliphatic heterocycles. The molecule has 1 aromatic rings. The maximum atomic E-state index is 12.1. The molecule has 0 radical (unpaired) electrons. The van der Waals surface area contributed by atoms with Gasteiger partial charge in [0.25, 0.3) is 0 Å². The van der Waals surface area contributed by atoms with Gasteiger partial charge in [-0.2, -0.15) is 0 Å². The van der Waals surface area contributed by atoms with Crippen LogP contribution in [0, 0.1) is 5.92 Å². The second kappa shape index (κ2) is 7.44. The lowest BCUT2D eigenvalue weighted by molar-refractivity contribution is -0.116. The summed E-state index contributed by atoms with van der Waals surface area (Å²) in [5.74, 6) is 1.29. The molecule has 0 unspecified atom stereocenters. The van der Waals surface area contributed by atoms with Crippen molar-refractivity contribution in [2.75, 3.05) is 18.4 Å². The van der Waals surface area contributed by atoms with E-state index >= 15 is 0 Å². The number of hydrogen-bond donors (Lipinski definition) is 2. The highest BCUT2D eigenvalue weighted by molar-refractivity contribution is 5.91. The van der Waals surface area contributed by atoms with Crippen molar-refractivity contribution in [2.24, 2.45) is 5.92 Å². The van der Waals surface area contributed by atoms with E-state index in [9.17, 15) is 4.79 Å². The van der Waals surface area contributed by atoms with Crippen LogP contribution in [0.25, 0.3) is 0 Å². The molecule has 3 nitrogen and oxygen atoms in total. The van der Waals surface area contributed by atoms with E-state index in [1.54, 1.807) is 0 Å². The van der Waals surface area contributed by atoms with Gasteiger partial charge in [-0.3, -0.25) is 4.79 Å². The molecule has 1 saturated heterocycles. The van der Waals surface area contributed by atoms with Crippen LogP contribution in [0.5, 0.6) is 0 Å². The van der Waals surface area contributed by atoms with Crippen LogP contribution in [0.2, 0.25) is 0 Å². The summed E-state index contributed by atoms with van der Waals surface area (Å²) >= 11 is 0. The molecule has 1 aromatic carbocycles.